The van der Waals surface area contributed by atoms with E-state index in [0.29, 0.717) is 5.92 Å². The van der Waals surface area contributed by atoms with E-state index in [4.69, 9.17) is 0 Å². The molecule has 0 aliphatic carbocycles. The molecule has 0 saturated heterocycles. The first kappa shape index (κ1) is 25.5. The number of unbranched alkanes of at least 4 members (excludes halogenated alkanes) is 1. The average molecular weight is 450 g/mol. The SMILES string of the molecule is CCCCC(c1ccccc1C)c1ccccc1C.c1ccc(CNCc2ccccc2)cc1. The van der Waals surface area contributed by atoms with E-state index in [-0.39, 0.29) is 0 Å². The van der Waals surface area contributed by atoms with Crippen molar-refractivity contribution in [2.45, 2.75) is 59.0 Å². The Hall–Kier alpha value is -3.16. The molecule has 0 spiro atoms. The summed E-state index contributed by atoms with van der Waals surface area (Å²) >= 11 is 0. The molecule has 1 N–H and O–H groups in total. The summed E-state index contributed by atoms with van der Waals surface area (Å²) in [6.07, 6.45) is 3.79. The highest BCUT2D eigenvalue weighted by atomic mass is 14.8. The van der Waals surface area contributed by atoms with Gasteiger partial charge in [-0.3, -0.25) is 0 Å². The van der Waals surface area contributed by atoms with Gasteiger partial charge in [-0.15, -0.1) is 0 Å². The van der Waals surface area contributed by atoms with Crippen LogP contribution in [0.3, 0.4) is 0 Å². The molecule has 0 atom stereocenters. The second kappa shape index (κ2) is 14.2. The van der Waals surface area contributed by atoms with E-state index in [1.54, 1.807) is 0 Å². The predicted octanol–water partition coefficient (Wildman–Crippen LogP) is 8.60. The minimum Gasteiger partial charge on any atom is -0.309 e. The van der Waals surface area contributed by atoms with Crippen LogP contribution in [0.4, 0.5) is 0 Å². The first-order valence-electron chi connectivity index (χ1n) is 12.6. The molecule has 0 saturated carbocycles. The molecule has 0 aliphatic heterocycles. The summed E-state index contributed by atoms with van der Waals surface area (Å²) < 4.78 is 0. The Kier molecular flexibility index (Phi) is 10.6. The van der Waals surface area contributed by atoms with Gasteiger partial charge in [-0.05, 0) is 53.6 Å². The third-order valence-corrected chi connectivity index (χ3v) is 6.32. The summed E-state index contributed by atoms with van der Waals surface area (Å²) in [7, 11) is 0. The molecule has 0 amide bonds. The Morgan fingerprint density at radius 2 is 0.971 bits per heavy atom. The molecule has 4 rings (SSSR count). The lowest BCUT2D eigenvalue weighted by atomic mass is 9.83. The number of benzene rings is 4. The Balaban J connectivity index is 0.000000196. The van der Waals surface area contributed by atoms with Crippen molar-refractivity contribution in [2.75, 3.05) is 0 Å². The number of hydrogen-bond donors (Lipinski definition) is 1. The number of aryl methyl sites for hydroxylation is 2. The van der Waals surface area contributed by atoms with Crippen LogP contribution in [0.15, 0.2) is 109 Å². The van der Waals surface area contributed by atoms with Crippen molar-refractivity contribution in [3.8, 4) is 0 Å². The summed E-state index contributed by atoms with van der Waals surface area (Å²) in [6.45, 7) is 8.58. The zero-order chi connectivity index (χ0) is 24.0. The topological polar surface area (TPSA) is 12.0 Å². The fourth-order valence-corrected chi connectivity index (χ4v) is 4.39. The smallest absolute Gasteiger partial charge is 0.0208 e. The highest BCUT2D eigenvalue weighted by Crippen LogP contribution is 2.33. The normalized spacial score (nSPS) is 10.6. The van der Waals surface area contributed by atoms with E-state index >= 15 is 0 Å². The van der Waals surface area contributed by atoms with Crippen molar-refractivity contribution in [1.82, 2.24) is 5.32 Å². The molecule has 0 fully saturated rings. The van der Waals surface area contributed by atoms with Crippen molar-refractivity contribution < 1.29 is 0 Å². The van der Waals surface area contributed by atoms with Gasteiger partial charge in [0.05, 0.1) is 0 Å². The summed E-state index contributed by atoms with van der Waals surface area (Å²) in [4.78, 5) is 0. The molecule has 176 valence electrons. The van der Waals surface area contributed by atoms with Crippen molar-refractivity contribution in [3.63, 3.8) is 0 Å². The van der Waals surface area contributed by atoms with Crippen molar-refractivity contribution in [3.05, 3.63) is 143 Å². The van der Waals surface area contributed by atoms with Crippen LogP contribution in [0.25, 0.3) is 0 Å². The molecule has 0 radical (unpaired) electrons. The summed E-state index contributed by atoms with van der Waals surface area (Å²) in [5.41, 5.74) is 8.45. The van der Waals surface area contributed by atoms with Crippen LogP contribution in [-0.4, -0.2) is 0 Å². The molecule has 0 aromatic heterocycles. The van der Waals surface area contributed by atoms with Crippen molar-refractivity contribution >= 4 is 0 Å². The van der Waals surface area contributed by atoms with Crippen LogP contribution >= 0.6 is 0 Å². The highest BCUT2D eigenvalue weighted by molar-refractivity contribution is 5.40. The lowest BCUT2D eigenvalue weighted by Crippen LogP contribution is -2.12. The minimum absolute atomic E-state index is 0.544. The summed E-state index contributed by atoms with van der Waals surface area (Å²) in [5.74, 6) is 0.544. The molecule has 4 aromatic carbocycles. The fraction of sp³-hybridized carbons (Fsp3) is 0.273. The van der Waals surface area contributed by atoms with E-state index in [2.05, 4.69) is 123 Å². The van der Waals surface area contributed by atoms with Crippen LogP contribution in [0.2, 0.25) is 0 Å². The van der Waals surface area contributed by atoms with Gasteiger partial charge in [0, 0.05) is 19.0 Å². The van der Waals surface area contributed by atoms with Crippen LogP contribution in [-0.2, 0) is 13.1 Å². The fourth-order valence-electron chi connectivity index (χ4n) is 4.39. The Morgan fingerprint density at radius 1 is 0.559 bits per heavy atom. The largest absolute Gasteiger partial charge is 0.309 e. The molecule has 0 aliphatic rings. The lowest BCUT2D eigenvalue weighted by Gasteiger charge is -2.21. The third-order valence-electron chi connectivity index (χ3n) is 6.32. The molecular weight excluding hydrogens is 410 g/mol. The van der Waals surface area contributed by atoms with E-state index in [9.17, 15) is 0 Å². The zero-order valence-electron chi connectivity index (χ0n) is 21.0. The second-order valence-corrected chi connectivity index (χ2v) is 8.98. The van der Waals surface area contributed by atoms with Crippen molar-refractivity contribution in [1.29, 1.82) is 0 Å². The molecule has 0 bridgehead atoms. The molecule has 1 heteroatoms. The van der Waals surface area contributed by atoms with Gasteiger partial charge in [-0.1, -0.05) is 129 Å². The van der Waals surface area contributed by atoms with Gasteiger partial charge in [-0.25, -0.2) is 0 Å². The highest BCUT2D eigenvalue weighted by Gasteiger charge is 2.16. The Labute approximate surface area is 206 Å². The van der Waals surface area contributed by atoms with Gasteiger partial charge in [-0.2, -0.15) is 0 Å². The van der Waals surface area contributed by atoms with Crippen molar-refractivity contribution in [2.24, 2.45) is 0 Å². The van der Waals surface area contributed by atoms with E-state index in [1.807, 2.05) is 12.1 Å². The zero-order valence-corrected chi connectivity index (χ0v) is 21.0. The average Bonchev–Trinajstić information content (AvgIpc) is 2.88. The van der Waals surface area contributed by atoms with Gasteiger partial charge in [0.25, 0.3) is 0 Å². The third kappa shape index (κ3) is 8.01. The van der Waals surface area contributed by atoms with E-state index < -0.39 is 0 Å². The Morgan fingerprint density at radius 3 is 1.38 bits per heavy atom. The van der Waals surface area contributed by atoms with Crippen LogP contribution in [0.1, 0.15) is 65.5 Å². The summed E-state index contributed by atoms with van der Waals surface area (Å²) in [6, 6.07) is 38.6. The minimum atomic E-state index is 0.544. The van der Waals surface area contributed by atoms with Gasteiger partial charge in [0.2, 0.25) is 0 Å². The number of hydrogen-bond acceptors (Lipinski definition) is 1. The molecule has 4 aromatic rings. The van der Waals surface area contributed by atoms with E-state index in [1.165, 1.54) is 52.6 Å². The Bertz CT molecular complexity index is 1000. The quantitative estimate of drug-likeness (QED) is 0.270. The first-order valence-corrected chi connectivity index (χ1v) is 12.6. The predicted molar refractivity (Wildman–Crippen MR) is 147 cm³/mol. The van der Waals surface area contributed by atoms with E-state index in [0.717, 1.165) is 13.1 Å². The number of nitrogens with one attached hydrogen (secondary N) is 1. The molecule has 0 heterocycles. The van der Waals surface area contributed by atoms with Crippen LogP contribution < -0.4 is 5.32 Å². The monoisotopic (exact) mass is 449 g/mol. The van der Waals surface area contributed by atoms with Gasteiger partial charge in [0.1, 0.15) is 0 Å². The van der Waals surface area contributed by atoms with Gasteiger partial charge < -0.3 is 5.32 Å². The molecule has 34 heavy (non-hydrogen) atoms. The maximum atomic E-state index is 3.42. The lowest BCUT2D eigenvalue weighted by molar-refractivity contribution is 0.645. The summed E-state index contributed by atoms with van der Waals surface area (Å²) in [5, 5.41) is 3.42. The second-order valence-electron chi connectivity index (χ2n) is 8.98. The standard InChI is InChI=1S/C19H24.C14H15N/c1-4-5-12-19(17-13-8-6-10-15(17)2)18-14-9-7-11-16(18)3;1-3-7-13(8-4-1)11-15-12-14-9-5-2-6-10-14/h6-11,13-14,19H,4-5,12H2,1-3H3;1-10,15H,11-12H2. The maximum absolute atomic E-state index is 3.42. The van der Waals surface area contributed by atoms with Gasteiger partial charge >= 0.3 is 0 Å². The maximum Gasteiger partial charge on any atom is 0.0208 e. The van der Waals surface area contributed by atoms with Crippen LogP contribution in [0.5, 0.6) is 0 Å². The van der Waals surface area contributed by atoms with Crippen LogP contribution in [0, 0.1) is 13.8 Å². The molecule has 0 unspecified atom stereocenters. The molecule has 1 nitrogen and oxygen atoms in total. The van der Waals surface area contributed by atoms with Gasteiger partial charge in [0.15, 0.2) is 0 Å². The molecular formula is C33H39N. The number of rotatable bonds is 9. The first-order chi connectivity index (χ1) is 16.7.